The predicted molar refractivity (Wildman–Crippen MR) is 130 cm³/mol. The van der Waals surface area contributed by atoms with Crippen molar-refractivity contribution in [1.82, 2.24) is 10.2 Å². The molecular weight excluding hydrogens is 479 g/mol. The number of nitrogens with zero attached hydrogens (tertiary/aromatic N) is 3. The van der Waals surface area contributed by atoms with Gasteiger partial charge in [-0.15, -0.1) is 0 Å². The van der Waals surface area contributed by atoms with Crippen LogP contribution in [0.2, 0.25) is 0 Å². The molecule has 0 unspecified atom stereocenters. The first-order chi connectivity index (χ1) is 16.2. The Morgan fingerprint density at radius 3 is 2.31 bits per heavy atom. The van der Waals surface area contributed by atoms with Crippen LogP contribution in [0.5, 0.6) is 0 Å². The van der Waals surface area contributed by atoms with Gasteiger partial charge in [-0.1, -0.05) is 24.3 Å². The highest BCUT2D eigenvalue weighted by molar-refractivity contribution is 7.92. The molecule has 12 heteroatoms. The highest BCUT2D eigenvalue weighted by Gasteiger charge is 2.31. The quantitative estimate of drug-likeness (QED) is 0.388. The van der Waals surface area contributed by atoms with Crippen molar-refractivity contribution in [3.63, 3.8) is 0 Å². The largest absolute Gasteiger partial charge is 0.352 e. The average Bonchev–Trinajstić information content (AvgIpc) is 2.75. The summed E-state index contributed by atoms with van der Waals surface area (Å²) in [7, 11) is -4.07. The second-order valence-corrected chi connectivity index (χ2v) is 10.4. The van der Waals surface area contributed by atoms with E-state index in [0.717, 1.165) is 21.5 Å². The van der Waals surface area contributed by atoms with Gasteiger partial charge in [0.1, 0.15) is 18.4 Å². The van der Waals surface area contributed by atoms with Crippen LogP contribution in [-0.2, 0) is 26.2 Å². The number of hydrogen-bond acceptors (Lipinski definition) is 6. The fourth-order valence-corrected chi connectivity index (χ4v) is 4.27. The summed E-state index contributed by atoms with van der Waals surface area (Å²) in [4.78, 5) is 37.8. The maximum Gasteiger partial charge on any atom is 0.271 e. The van der Waals surface area contributed by atoms with E-state index in [1.165, 1.54) is 37.3 Å². The zero-order valence-corrected chi connectivity index (χ0v) is 21.0. The van der Waals surface area contributed by atoms with E-state index in [-0.39, 0.29) is 29.5 Å². The lowest BCUT2D eigenvalue weighted by atomic mass is 10.1. The molecule has 0 fully saturated rings. The summed E-state index contributed by atoms with van der Waals surface area (Å²) in [5, 5.41) is 13.9. The summed E-state index contributed by atoms with van der Waals surface area (Å²) in [5.74, 6) is -1.87. The first kappa shape index (κ1) is 27.7. The number of benzene rings is 2. The number of nitrogens with one attached hydrogen (secondary N) is 1. The van der Waals surface area contributed by atoms with E-state index in [4.69, 9.17) is 0 Å². The van der Waals surface area contributed by atoms with Crippen LogP contribution in [-0.4, -0.2) is 54.9 Å². The van der Waals surface area contributed by atoms with Crippen LogP contribution < -0.4 is 9.62 Å². The standard InChI is InChI=1S/C23H29FN4O6S/c1-15(2)25-23(30)17(4)26(13-18-8-6-7-9-20(18)24)22(29)14-27(35(5,33)34)21-12-19(28(31)32)11-10-16(21)3/h6-12,15,17H,13-14H2,1-5H3,(H,25,30)/t17-/m1/s1. The molecule has 0 radical (unpaired) electrons. The minimum absolute atomic E-state index is 0.0415. The summed E-state index contributed by atoms with van der Waals surface area (Å²) < 4.78 is 40.4. The van der Waals surface area contributed by atoms with Gasteiger partial charge in [0.05, 0.1) is 16.9 Å². The molecule has 2 aromatic rings. The number of hydrogen-bond donors (Lipinski definition) is 1. The normalized spacial score (nSPS) is 12.2. The third-order valence-corrected chi connectivity index (χ3v) is 6.37. The maximum atomic E-state index is 14.4. The molecule has 0 bridgehead atoms. The fraction of sp³-hybridized carbons (Fsp3) is 0.391. The fourth-order valence-electron chi connectivity index (χ4n) is 3.37. The Hall–Kier alpha value is -3.54. The molecule has 2 amide bonds. The Morgan fingerprint density at radius 1 is 1.14 bits per heavy atom. The number of carbonyl (C=O) groups excluding carboxylic acids is 2. The summed E-state index contributed by atoms with van der Waals surface area (Å²) >= 11 is 0. The highest BCUT2D eigenvalue weighted by atomic mass is 32.2. The van der Waals surface area contributed by atoms with Gasteiger partial charge in [0.15, 0.2) is 0 Å². The van der Waals surface area contributed by atoms with Crippen molar-refractivity contribution in [1.29, 1.82) is 0 Å². The number of rotatable bonds is 10. The lowest BCUT2D eigenvalue weighted by molar-refractivity contribution is -0.384. The molecule has 1 N–H and O–H groups in total. The molecule has 0 heterocycles. The van der Waals surface area contributed by atoms with Gasteiger partial charge in [-0.25, -0.2) is 12.8 Å². The second-order valence-electron chi connectivity index (χ2n) is 8.45. The number of nitro benzene ring substituents is 1. The molecule has 0 aliphatic carbocycles. The minimum Gasteiger partial charge on any atom is -0.352 e. The van der Waals surface area contributed by atoms with Gasteiger partial charge in [-0.2, -0.15) is 0 Å². The van der Waals surface area contributed by atoms with Gasteiger partial charge in [0.2, 0.25) is 21.8 Å². The smallest absolute Gasteiger partial charge is 0.271 e. The van der Waals surface area contributed by atoms with Crippen molar-refractivity contribution in [2.24, 2.45) is 0 Å². The van der Waals surface area contributed by atoms with Gasteiger partial charge in [0, 0.05) is 30.3 Å². The van der Waals surface area contributed by atoms with Crippen LogP contribution >= 0.6 is 0 Å². The van der Waals surface area contributed by atoms with Crippen molar-refractivity contribution in [3.05, 3.63) is 69.5 Å². The first-order valence-electron chi connectivity index (χ1n) is 10.8. The first-order valence-corrected chi connectivity index (χ1v) is 12.6. The number of nitro groups is 1. The number of halogens is 1. The van der Waals surface area contributed by atoms with Crippen molar-refractivity contribution in [2.45, 2.75) is 46.3 Å². The van der Waals surface area contributed by atoms with Crippen LogP contribution in [0.4, 0.5) is 15.8 Å². The number of anilines is 1. The van der Waals surface area contributed by atoms with Crippen molar-refractivity contribution >= 4 is 33.2 Å². The molecule has 0 aliphatic rings. The molecule has 0 spiro atoms. The van der Waals surface area contributed by atoms with Gasteiger partial charge in [0.25, 0.3) is 5.69 Å². The molecular formula is C23H29FN4O6S. The van der Waals surface area contributed by atoms with Gasteiger partial charge in [-0.3, -0.25) is 24.0 Å². The highest BCUT2D eigenvalue weighted by Crippen LogP contribution is 2.28. The van der Waals surface area contributed by atoms with E-state index in [1.807, 2.05) is 0 Å². The van der Waals surface area contributed by atoms with Gasteiger partial charge in [-0.05, 0) is 39.3 Å². The van der Waals surface area contributed by atoms with E-state index >= 15 is 0 Å². The molecule has 1 atom stereocenters. The van der Waals surface area contributed by atoms with E-state index in [1.54, 1.807) is 26.8 Å². The third kappa shape index (κ3) is 7.22. The minimum atomic E-state index is -4.07. The van der Waals surface area contributed by atoms with Crippen molar-refractivity contribution < 1.29 is 27.3 Å². The number of sulfonamides is 1. The van der Waals surface area contributed by atoms with E-state index in [2.05, 4.69) is 5.32 Å². The Balaban J connectivity index is 2.50. The Bertz CT molecular complexity index is 1220. The van der Waals surface area contributed by atoms with Crippen LogP contribution in [0.1, 0.15) is 31.9 Å². The zero-order valence-electron chi connectivity index (χ0n) is 20.2. The zero-order chi connectivity index (χ0) is 26.5. The van der Waals surface area contributed by atoms with E-state index in [9.17, 15) is 32.5 Å². The molecule has 190 valence electrons. The Kier molecular flexibility index (Phi) is 8.91. The monoisotopic (exact) mass is 508 g/mol. The molecule has 2 rings (SSSR count). The molecule has 10 nitrogen and oxygen atoms in total. The van der Waals surface area contributed by atoms with E-state index < -0.39 is 45.2 Å². The second kappa shape index (κ2) is 11.3. The number of amides is 2. The number of aryl methyl sites for hydroxylation is 1. The van der Waals surface area contributed by atoms with Crippen molar-refractivity contribution in [3.8, 4) is 0 Å². The molecule has 0 saturated carbocycles. The molecule has 35 heavy (non-hydrogen) atoms. The summed E-state index contributed by atoms with van der Waals surface area (Å²) in [6, 6.07) is 8.13. The predicted octanol–water partition coefficient (Wildman–Crippen LogP) is 2.75. The summed E-state index contributed by atoms with van der Waals surface area (Å²) in [6.07, 6.45) is 0.870. The lowest BCUT2D eigenvalue weighted by Gasteiger charge is -2.32. The topological polar surface area (TPSA) is 130 Å². The lowest BCUT2D eigenvalue weighted by Crippen LogP contribution is -2.52. The van der Waals surface area contributed by atoms with Crippen LogP contribution in [0.15, 0.2) is 42.5 Å². The molecule has 0 aliphatic heterocycles. The molecule has 2 aromatic carbocycles. The summed E-state index contributed by atoms with van der Waals surface area (Å²) in [5.41, 5.74) is 0.141. The number of carbonyl (C=O) groups is 2. The van der Waals surface area contributed by atoms with E-state index in [0.29, 0.717) is 5.56 Å². The Morgan fingerprint density at radius 2 is 1.77 bits per heavy atom. The van der Waals surface area contributed by atoms with Gasteiger partial charge >= 0.3 is 0 Å². The molecule has 0 saturated heterocycles. The average molecular weight is 509 g/mol. The van der Waals surface area contributed by atoms with Crippen molar-refractivity contribution in [2.75, 3.05) is 17.1 Å². The Labute approximate surface area is 203 Å². The number of non-ortho nitro benzene ring substituents is 1. The molecule has 0 aromatic heterocycles. The van der Waals surface area contributed by atoms with Crippen LogP contribution in [0.3, 0.4) is 0 Å². The van der Waals surface area contributed by atoms with Crippen LogP contribution in [0.25, 0.3) is 0 Å². The summed E-state index contributed by atoms with van der Waals surface area (Å²) in [6.45, 7) is 5.46. The SMILES string of the molecule is Cc1ccc([N+](=O)[O-])cc1N(CC(=O)N(Cc1ccccc1F)[C@H](C)C(=O)NC(C)C)S(C)(=O)=O. The van der Waals surface area contributed by atoms with Crippen LogP contribution in [0, 0.1) is 22.9 Å². The van der Waals surface area contributed by atoms with Gasteiger partial charge < -0.3 is 10.2 Å². The third-order valence-electron chi connectivity index (χ3n) is 5.25. The maximum absolute atomic E-state index is 14.4.